The standard InChI is InChI=1S/C58H109NO5/c1-3-5-7-9-11-13-15-30-34-38-42-46-50-56(61)55(54-60)59-57(62)51-47-43-39-35-31-28-26-24-22-20-18-17-19-21-23-25-27-29-33-37-41-45-49-53-64-58(63)52-48-44-40-36-32-16-14-12-10-8-6-4-2/h17,19-20,22,46,50,55-56,60-61H,3-16,18,21,23-45,47-49,51-54H2,1-2H3,(H,59,62)/b19-17-,22-20-,50-46+. The van der Waals surface area contributed by atoms with Crippen molar-refractivity contribution in [2.45, 2.75) is 309 Å². The van der Waals surface area contributed by atoms with Gasteiger partial charge in [-0.25, -0.2) is 0 Å². The summed E-state index contributed by atoms with van der Waals surface area (Å²) in [4.78, 5) is 24.4. The molecule has 0 aromatic carbocycles. The Bertz CT molecular complexity index is 1040. The van der Waals surface area contributed by atoms with E-state index >= 15 is 0 Å². The number of ether oxygens (including phenoxy) is 1. The topological polar surface area (TPSA) is 95.9 Å². The van der Waals surface area contributed by atoms with Gasteiger partial charge in [0.2, 0.25) is 5.91 Å². The first kappa shape index (κ1) is 62.1. The Hall–Kier alpha value is -1.92. The molecule has 1 amide bonds. The molecule has 6 heteroatoms. The quantitative estimate of drug-likeness (QED) is 0.0321. The molecule has 0 spiro atoms. The first-order chi connectivity index (χ1) is 31.5. The Labute approximate surface area is 398 Å². The van der Waals surface area contributed by atoms with Crippen molar-refractivity contribution in [1.29, 1.82) is 0 Å². The van der Waals surface area contributed by atoms with E-state index in [1.807, 2.05) is 6.08 Å². The van der Waals surface area contributed by atoms with Gasteiger partial charge in [0, 0.05) is 12.8 Å². The van der Waals surface area contributed by atoms with Gasteiger partial charge in [0.1, 0.15) is 0 Å². The van der Waals surface area contributed by atoms with Crippen LogP contribution in [-0.4, -0.2) is 47.4 Å². The summed E-state index contributed by atoms with van der Waals surface area (Å²) in [6, 6.07) is -0.634. The van der Waals surface area contributed by atoms with Gasteiger partial charge in [-0.1, -0.05) is 256 Å². The second-order valence-corrected chi connectivity index (χ2v) is 19.3. The molecule has 3 N–H and O–H groups in total. The summed E-state index contributed by atoms with van der Waals surface area (Å²) in [5.41, 5.74) is 0. The van der Waals surface area contributed by atoms with E-state index in [0.717, 1.165) is 57.8 Å². The van der Waals surface area contributed by atoms with Crippen molar-refractivity contribution in [1.82, 2.24) is 5.32 Å². The predicted octanol–water partition coefficient (Wildman–Crippen LogP) is 17.2. The van der Waals surface area contributed by atoms with Crippen LogP contribution in [0.2, 0.25) is 0 Å². The molecule has 0 aliphatic carbocycles. The maximum Gasteiger partial charge on any atom is 0.305 e. The molecule has 0 bridgehead atoms. The highest BCUT2D eigenvalue weighted by molar-refractivity contribution is 5.76. The fourth-order valence-electron chi connectivity index (χ4n) is 8.55. The second-order valence-electron chi connectivity index (χ2n) is 19.3. The summed E-state index contributed by atoms with van der Waals surface area (Å²) < 4.78 is 5.46. The van der Waals surface area contributed by atoms with Crippen molar-refractivity contribution < 1.29 is 24.5 Å². The van der Waals surface area contributed by atoms with E-state index in [0.29, 0.717) is 19.4 Å². The molecule has 0 aliphatic heterocycles. The smallest absolute Gasteiger partial charge is 0.305 e. The minimum atomic E-state index is -0.850. The summed E-state index contributed by atoms with van der Waals surface area (Å²) in [5, 5.41) is 23.0. The number of carbonyl (C=O) groups excluding carboxylic acids is 2. The van der Waals surface area contributed by atoms with Crippen LogP contribution in [0.4, 0.5) is 0 Å². The summed E-state index contributed by atoms with van der Waals surface area (Å²) in [6.45, 7) is 4.89. The number of aliphatic hydroxyl groups is 2. The number of amides is 1. The zero-order valence-corrected chi connectivity index (χ0v) is 42.8. The molecule has 0 saturated carbocycles. The summed E-state index contributed by atoms with van der Waals surface area (Å²) in [5.74, 6) is -0.0726. The second kappa shape index (κ2) is 53.7. The summed E-state index contributed by atoms with van der Waals surface area (Å²) >= 11 is 0. The lowest BCUT2D eigenvalue weighted by molar-refractivity contribution is -0.143. The third-order valence-corrected chi connectivity index (χ3v) is 12.9. The van der Waals surface area contributed by atoms with Gasteiger partial charge in [0.05, 0.1) is 25.4 Å². The van der Waals surface area contributed by atoms with Crippen LogP contribution < -0.4 is 5.32 Å². The molecule has 0 heterocycles. The van der Waals surface area contributed by atoms with Crippen molar-refractivity contribution in [3.8, 4) is 0 Å². The van der Waals surface area contributed by atoms with Gasteiger partial charge in [-0.2, -0.15) is 0 Å². The first-order valence-electron chi connectivity index (χ1n) is 28.3. The minimum absolute atomic E-state index is 0.00676. The van der Waals surface area contributed by atoms with Crippen molar-refractivity contribution in [3.63, 3.8) is 0 Å². The maximum atomic E-state index is 12.4. The van der Waals surface area contributed by atoms with Gasteiger partial charge in [0.15, 0.2) is 0 Å². The molecule has 0 fully saturated rings. The third-order valence-electron chi connectivity index (χ3n) is 12.9. The van der Waals surface area contributed by atoms with Crippen LogP contribution in [0, 0.1) is 0 Å². The molecule has 2 unspecified atom stereocenters. The van der Waals surface area contributed by atoms with Gasteiger partial charge in [-0.05, 0) is 64.2 Å². The van der Waals surface area contributed by atoms with E-state index < -0.39 is 12.1 Å². The van der Waals surface area contributed by atoms with E-state index in [2.05, 4.69) is 43.5 Å². The van der Waals surface area contributed by atoms with Crippen LogP contribution in [0.5, 0.6) is 0 Å². The molecule has 0 radical (unpaired) electrons. The Morgan fingerprint density at radius 3 is 1.19 bits per heavy atom. The zero-order chi connectivity index (χ0) is 46.5. The molecule has 0 aromatic rings. The number of unbranched alkanes of at least 4 members (excludes halogenated alkanes) is 37. The Morgan fingerprint density at radius 1 is 0.438 bits per heavy atom. The average molecular weight is 901 g/mol. The number of nitrogens with one attached hydrogen (secondary N) is 1. The molecule has 0 aliphatic rings. The number of allylic oxidation sites excluding steroid dienone is 5. The highest BCUT2D eigenvalue weighted by Crippen LogP contribution is 2.16. The van der Waals surface area contributed by atoms with Crippen molar-refractivity contribution >= 4 is 11.9 Å². The van der Waals surface area contributed by atoms with E-state index in [1.165, 1.54) is 212 Å². The molecular weight excluding hydrogens is 791 g/mol. The van der Waals surface area contributed by atoms with E-state index in [9.17, 15) is 19.8 Å². The number of hydrogen-bond acceptors (Lipinski definition) is 5. The lowest BCUT2D eigenvalue weighted by Gasteiger charge is -2.20. The van der Waals surface area contributed by atoms with Crippen LogP contribution in [0.15, 0.2) is 36.5 Å². The molecule has 2 atom stereocenters. The minimum Gasteiger partial charge on any atom is -0.466 e. The number of rotatable bonds is 52. The van der Waals surface area contributed by atoms with Gasteiger partial charge in [0.25, 0.3) is 0 Å². The van der Waals surface area contributed by atoms with Crippen molar-refractivity contribution in [2.24, 2.45) is 0 Å². The highest BCUT2D eigenvalue weighted by atomic mass is 16.5. The monoisotopic (exact) mass is 900 g/mol. The van der Waals surface area contributed by atoms with Crippen LogP contribution in [-0.2, 0) is 14.3 Å². The normalized spacial score (nSPS) is 12.9. The van der Waals surface area contributed by atoms with Gasteiger partial charge >= 0.3 is 5.97 Å². The fourth-order valence-corrected chi connectivity index (χ4v) is 8.55. The molecule has 0 rings (SSSR count). The maximum absolute atomic E-state index is 12.4. The fraction of sp³-hybridized carbons (Fsp3) is 0.862. The van der Waals surface area contributed by atoms with Gasteiger partial charge in [-0.15, -0.1) is 0 Å². The van der Waals surface area contributed by atoms with Gasteiger partial charge in [-0.3, -0.25) is 9.59 Å². The number of carbonyl (C=O) groups is 2. The molecule has 376 valence electrons. The van der Waals surface area contributed by atoms with E-state index in [4.69, 9.17) is 4.74 Å². The van der Waals surface area contributed by atoms with Crippen LogP contribution >= 0.6 is 0 Å². The van der Waals surface area contributed by atoms with E-state index in [-0.39, 0.29) is 18.5 Å². The first-order valence-corrected chi connectivity index (χ1v) is 28.3. The van der Waals surface area contributed by atoms with Crippen molar-refractivity contribution in [3.05, 3.63) is 36.5 Å². The number of esters is 1. The van der Waals surface area contributed by atoms with E-state index in [1.54, 1.807) is 6.08 Å². The van der Waals surface area contributed by atoms with Gasteiger partial charge < -0.3 is 20.3 Å². The molecule has 0 saturated heterocycles. The summed E-state index contributed by atoms with van der Waals surface area (Å²) in [6.07, 6.45) is 65.9. The van der Waals surface area contributed by atoms with Crippen LogP contribution in [0.25, 0.3) is 0 Å². The highest BCUT2D eigenvalue weighted by Gasteiger charge is 2.18. The Balaban J connectivity index is 3.47. The number of hydrogen-bond donors (Lipinski definition) is 3. The molecule has 0 aromatic heterocycles. The number of aliphatic hydroxyl groups excluding tert-OH is 2. The molecular formula is C58H109NO5. The average Bonchev–Trinajstić information content (AvgIpc) is 3.29. The molecule has 6 nitrogen and oxygen atoms in total. The largest absolute Gasteiger partial charge is 0.466 e. The van der Waals surface area contributed by atoms with Crippen molar-refractivity contribution in [2.75, 3.05) is 13.2 Å². The Kier molecular flexibility index (Phi) is 52.1. The van der Waals surface area contributed by atoms with Crippen LogP contribution in [0.3, 0.4) is 0 Å². The SMILES string of the molecule is CCCCCCCCCCCC/C=C/C(O)C(CO)NC(=O)CCCCCCCCC/C=C\C/C=C\CCCCCCCCCCCOC(=O)CCCCCCCCCCCCCC. The summed E-state index contributed by atoms with van der Waals surface area (Å²) in [7, 11) is 0. The lowest BCUT2D eigenvalue weighted by atomic mass is 10.0. The Morgan fingerprint density at radius 2 is 0.781 bits per heavy atom. The third kappa shape index (κ3) is 49.5. The zero-order valence-electron chi connectivity index (χ0n) is 42.8. The molecule has 64 heavy (non-hydrogen) atoms. The lowest BCUT2D eigenvalue weighted by Crippen LogP contribution is -2.45. The van der Waals surface area contributed by atoms with Crippen LogP contribution in [0.1, 0.15) is 296 Å². The predicted molar refractivity (Wildman–Crippen MR) is 278 cm³/mol.